The van der Waals surface area contributed by atoms with E-state index >= 15 is 0 Å². The van der Waals surface area contributed by atoms with Gasteiger partial charge in [-0.15, -0.1) is 0 Å². The normalized spacial score (nSPS) is 19.6. The Kier molecular flexibility index (Phi) is 9.58. The van der Waals surface area contributed by atoms with E-state index < -0.39 is 0 Å². The Balaban J connectivity index is 4.33. The van der Waals surface area contributed by atoms with Crippen molar-refractivity contribution in [2.45, 2.75) is 86.4 Å². The topological polar surface area (TPSA) is 58.2 Å². The molecule has 0 aromatic carbocycles. The van der Waals surface area contributed by atoms with Crippen LogP contribution in [0.1, 0.15) is 68.2 Å². The Morgan fingerprint density at radius 3 is 1.68 bits per heavy atom. The van der Waals surface area contributed by atoms with Crippen LogP contribution in [-0.4, -0.2) is 29.8 Å². The summed E-state index contributed by atoms with van der Waals surface area (Å²) < 4.78 is 0. The Bertz CT molecular complexity index is 323. The van der Waals surface area contributed by atoms with Gasteiger partial charge in [0, 0.05) is 31.5 Å². The van der Waals surface area contributed by atoms with E-state index in [0.717, 1.165) is 6.42 Å². The van der Waals surface area contributed by atoms with Crippen LogP contribution in [0.3, 0.4) is 0 Å². The molecule has 0 spiro atoms. The predicted octanol–water partition coefficient (Wildman–Crippen LogP) is 3.16. The second-order valence-electron chi connectivity index (χ2n) is 7.31. The fraction of sp³-hybridized carbons (Fsp3) is 0.889. The van der Waals surface area contributed by atoms with Crippen molar-refractivity contribution in [2.75, 3.05) is 0 Å². The van der Waals surface area contributed by atoms with Gasteiger partial charge in [0.15, 0.2) is 0 Å². The van der Waals surface area contributed by atoms with Gasteiger partial charge in [-0.05, 0) is 51.9 Å². The summed E-state index contributed by atoms with van der Waals surface area (Å²) in [5, 5.41) is 6.60. The number of amides is 1. The van der Waals surface area contributed by atoms with Crippen LogP contribution in [0.4, 0.5) is 0 Å². The first-order chi connectivity index (χ1) is 10.0. The molecule has 22 heavy (non-hydrogen) atoms. The molecule has 0 fully saturated rings. The maximum Gasteiger partial charge on any atom is 0.217 e. The molecule has 0 aromatic heterocycles. The quantitative estimate of drug-likeness (QED) is 0.651. The van der Waals surface area contributed by atoms with Gasteiger partial charge in [0.25, 0.3) is 0 Å². The minimum absolute atomic E-state index is 0.0323. The van der Waals surface area contributed by atoms with E-state index in [9.17, 15) is 9.59 Å². The van der Waals surface area contributed by atoms with Gasteiger partial charge in [0.1, 0.15) is 5.78 Å². The fourth-order valence-electron chi connectivity index (χ4n) is 2.83. The second kappa shape index (κ2) is 9.98. The van der Waals surface area contributed by atoms with E-state index in [4.69, 9.17) is 0 Å². The predicted molar refractivity (Wildman–Crippen MR) is 92.7 cm³/mol. The molecule has 6 unspecified atom stereocenters. The van der Waals surface area contributed by atoms with Crippen molar-refractivity contribution in [3.63, 3.8) is 0 Å². The first-order valence-corrected chi connectivity index (χ1v) is 8.57. The van der Waals surface area contributed by atoms with Crippen molar-refractivity contribution >= 4 is 11.7 Å². The highest BCUT2D eigenvalue weighted by Gasteiger charge is 2.22. The minimum atomic E-state index is 0.0323. The highest BCUT2D eigenvalue weighted by atomic mass is 16.1. The van der Waals surface area contributed by atoms with E-state index in [1.54, 1.807) is 13.8 Å². The van der Waals surface area contributed by atoms with Gasteiger partial charge in [-0.1, -0.05) is 20.8 Å². The van der Waals surface area contributed by atoms with Gasteiger partial charge < -0.3 is 15.4 Å². The first-order valence-electron chi connectivity index (χ1n) is 8.57. The average Bonchev–Trinajstić information content (AvgIpc) is 2.36. The first kappa shape index (κ1) is 21.1. The molecule has 0 bridgehead atoms. The van der Waals surface area contributed by atoms with Crippen LogP contribution in [0.5, 0.6) is 0 Å². The molecule has 130 valence electrons. The lowest BCUT2D eigenvalue weighted by atomic mass is 9.87. The lowest BCUT2D eigenvalue weighted by molar-refractivity contribution is -0.120. The van der Waals surface area contributed by atoms with Gasteiger partial charge in [0.2, 0.25) is 5.91 Å². The van der Waals surface area contributed by atoms with Crippen LogP contribution < -0.4 is 10.6 Å². The highest BCUT2D eigenvalue weighted by molar-refractivity contribution is 5.75. The number of hydrogen-bond donors (Lipinski definition) is 2. The van der Waals surface area contributed by atoms with Gasteiger partial charge >= 0.3 is 0 Å². The van der Waals surface area contributed by atoms with Crippen molar-refractivity contribution in [1.29, 1.82) is 0 Å². The smallest absolute Gasteiger partial charge is 0.217 e. The van der Waals surface area contributed by atoms with Crippen molar-refractivity contribution in [3.8, 4) is 0 Å². The molecule has 0 aliphatic heterocycles. The van der Waals surface area contributed by atoms with Gasteiger partial charge in [-0.3, -0.25) is 4.79 Å². The molecule has 1 amide bonds. The second-order valence-corrected chi connectivity index (χ2v) is 7.31. The molecule has 4 nitrogen and oxygen atoms in total. The van der Waals surface area contributed by atoms with E-state index in [-0.39, 0.29) is 17.7 Å². The molecule has 4 heteroatoms. The van der Waals surface area contributed by atoms with Crippen LogP contribution in [-0.2, 0) is 9.59 Å². The Morgan fingerprint density at radius 1 is 0.773 bits per heavy atom. The summed E-state index contributed by atoms with van der Waals surface area (Å²) in [5.41, 5.74) is 0. The monoisotopic (exact) mass is 312 g/mol. The SMILES string of the molecule is CC(=O)CC(C)C(C)NC(C)C(C)CC(C)C(C)NC(C)=O. The molecule has 6 atom stereocenters. The molecule has 2 N–H and O–H groups in total. The summed E-state index contributed by atoms with van der Waals surface area (Å²) in [6.07, 6.45) is 1.69. The molecule has 0 saturated heterocycles. The lowest BCUT2D eigenvalue weighted by Crippen LogP contribution is -2.43. The summed E-state index contributed by atoms with van der Waals surface area (Å²) in [6, 6.07) is 0.905. The van der Waals surface area contributed by atoms with E-state index in [0.29, 0.717) is 36.3 Å². The van der Waals surface area contributed by atoms with Crippen LogP contribution in [0, 0.1) is 17.8 Å². The van der Waals surface area contributed by atoms with Gasteiger partial charge in [0.05, 0.1) is 0 Å². The van der Waals surface area contributed by atoms with Gasteiger partial charge in [-0.25, -0.2) is 0 Å². The maximum atomic E-state index is 11.2. The van der Waals surface area contributed by atoms with Crippen LogP contribution >= 0.6 is 0 Å². The Labute approximate surface area is 136 Å². The highest BCUT2D eigenvalue weighted by Crippen LogP contribution is 2.20. The largest absolute Gasteiger partial charge is 0.354 e. The maximum absolute atomic E-state index is 11.2. The molecule has 0 aliphatic carbocycles. The Hall–Kier alpha value is -0.900. The molecule has 0 saturated carbocycles. The number of rotatable bonds is 10. The summed E-state index contributed by atoms with van der Waals surface area (Å²) >= 11 is 0. The van der Waals surface area contributed by atoms with Crippen LogP contribution in [0.15, 0.2) is 0 Å². The number of carbonyl (C=O) groups is 2. The molecule has 0 radical (unpaired) electrons. The zero-order valence-corrected chi connectivity index (χ0v) is 15.7. The Morgan fingerprint density at radius 2 is 1.23 bits per heavy atom. The lowest BCUT2D eigenvalue weighted by Gasteiger charge is -2.31. The summed E-state index contributed by atoms with van der Waals surface area (Å²) in [6.45, 7) is 16.2. The summed E-state index contributed by atoms with van der Waals surface area (Å²) in [4.78, 5) is 22.4. The molecule has 0 aromatic rings. The molecule has 0 heterocycles. The standard InChI is InChI=1S/C18H36N2O2/c1-11(9-12(2)17(7)20-18(8)22)15(5)19-16(6)13(3)10-14(4)21/h11-13,15-17,19H,9-10H2,1-8H3,(H,20,22). The molecular formula is C18H36N2O2. The molecule has 0 rings (SSSR count). The van der Waals surface area contributed by atoms with E-state index in [1.165, 1.54) is 0 Å². The van der Waals surface area contributed by atoms with Crippen molar-refractivity contribution in [2.24, 2.45) is 17.8 Å². The summed E-state index contributed by atoms with van der Waals surface area (Å²) in [7, 11) is 0. The zero-order chi connectivity index (χ0) is 17.4. The number of carbonyl (C=O) groups excluding carboxylic acids is 2. The number of hydrogen-bond acceptors (Lipinski definition) is 3. The van der Waals surface area contributed by atoms with Crippen LogP contribution in [0.25, 0.3) is 0 Å². The van der Waals surface area contributed by atoms with Crippen LogP contribution in [0.2, 0.25) is 0 Å². The van der Waals surface area contributed by atoms with Crippen molar-refractivity contribution in [3.05, 3.63) is 0 Å². The van der Waals surface area contributed by atoms with E-state index in [1.807, 2.05) is 0 Å². The minimum Gasteiger partial charge on any atom is -0.354 e. The zero-order valence-electron chi connectivity index (χ0n) is 15.7. The van der Waals surface area contributed by atoms with Crippen molar-refractivity contribution in [1.82, 2.24) is 10.6 Å². The average molecular weight is 312 g/mol. The number of nitrogens with one attached hydrogen (secondary N) is 2. The van der Waals surface area contributed by atoms with Gasteiger partial charge in [-0.2, -0.15) is 0 Å². The third kappa shape index (κ3) is 8.52. The summed E-state index contributed by atoms with van der Waals surface area (Å²) in [5.74, 6) is 1.58. The fourth-order valence-corrected chi connectivity index (χ4v) is 2.83. The van der Waals surface area contributed by atoms with Crippen molar-refractivity contribution < 1.29 is 9.59 Å². The number of ketones is 1. The third-order valence-electron chi connectivity index (χ3n) is 4.87. The third-order valence-corrected chi connectivity index (χ3v) is 4.87. The number of Topliss-reactive ketones (excluding diaryl/α,β-unsaturated/α-hetero) is 1. The molecule has 0 aliphatic rings. The van der Waals surface area contributed by atoms with E-state index in [2.05, 4.69) is 52.2 Å². The molecular weight excluding hydrogens is 276 g/mol.